The van der Waals surface area contributed by atoms with Crippen molar-refractivity contribution >= 4 is 21.8 Å². The number of halogens is 1. The molecule has 2 aliphatic rings. The SMILES string of the molecule is O=C(Cn1cc(Br)c(=O)[nH]c1=O)N[C@@H]1CC[C@H]2CCCC[C@@H]2C1. The number of rotatable bonds is 3. The van der Waals surface area contributed by atoms with Crippen molar-refractivity contribution in [3.63, 3.8) is 0 Å². The molecule has 6 nitrogen and oxygen atoms in total. The predicted octanol–water partition coefficient (Wildman–Crippen LogP) is 1.77. The summed E-state index contributed by atoms with van der Waals surface area (Å²) in [4.78, 5) is 37.4. The lowest BCUT2D eigenvalue weighted by molar-refractivity contribution is -0.122. The van der Waals surface area contributed by atoms with Gasteiger partial charge >= 0.3 is 5.69 Å². The summed E-state index contributed by atoms with van der Waals surface area (Å²) in [5.41, 5.74) is -1.05. The van der Waals surface area contributed by atoms with Gasteiger partial charge in [-0.1, -0.05) is 25.7 Å². The summed E-state index contributed by atoms with van der Waals surface area (Å²) in [5, 5.41) is 3.06. The van der Waals surface area contributed by atoms with E-state index in [1.807, 2.05) is 0 Å². The number of nitrogens with one attached hydrogen (secondary N) is 2. The van der Waals surface area contributed by atoms with Gasteiger partial charge in [-0.25, -0.2) is 4.79 Å². The van der Waals surface area contributed by atoms with Crippen molar-refractivity contribution in [3.05, 3.63) is 31.5 Å². The molecule has 7 heteroatoms. The fourth-order valence-corrected chi connectivity index (χ4v) is 4.38. The zero-order valence-electron chi connectivity index (χ0n) is 13.0. The first-order valence-electron chi connectivity index (χ1n) is 8.31. The third-order valence-electron chi connectivity index (χ3n) is 5.19. The molecule has 0 spiro atoms. The van der Waals surface area contributed by atoms with Crippen LogP contribution in [0.4, 0.5) is 0 Å². The maximum Gasteiger partial charge on any atom is 0.328 e. The molecule has 0 unspecified atom stereocenters. The average molecular weight is 384 g/mol. The molecular formula is C16H22BrN3O3. The number of hydrogen-bond acceptors (Lipinski definition) is 3. The highest BCUT2D eigenvalue weighted by atomic mass is 79.9. The van der Waals surface area contributed by atoms with Crippen molar-refractivity contribution in [1.82, 2.24) is 14.9 Å². The maximum absolute atomic E-state index is 12.2. The van der Waals surface area contributed by atoms with Gasteiger partial charge in [-0.2, -0.15) is 0 Å². The van der Waals surface area contributed by atoms with Crippen molar-refractivity contribution in [3.8, 4) is 0 Å². The van der Waals surface area contributed by atoms with Crippen molar-refractivity contribution in [2.24, 2.45) is 11.8 Å². The Morgan fingerprint density at radius 1 is 1.22 bits per heavy atom. The van der Waals surface area contributed by atoms with Gasteiger partial charge in [0.25, 0.3) is 5.56 Å². The second-order valence-corrected chi connectivity index (χ2v) is 7.60. The zero-order valence-corrected chi connectivity index (χ0v) is 14.6. The molecule has 0 saturated heterocycles. The molecule has 3 atom stereocenters. The molecular weight excluding hydrogens is 362 g/mol. The number of amides is 1. The van der Waals surface area contributed by atoms with Crippen LogP contribution in [0.15, 0.2) is 20.3 Å². The molecule has 2 fully saturated rings. The van der Waals surface area contributed by atoms with Crippen LogP contribution < -0.4 is 16.6 Å². The van der Waals surface area contributed by atoms with Gasteiger partial charge in [-0.05, 0) is 47.0 Å². The largest absolute Gasteiger partial charge is 0.352 e. The van der Waals surface area contributed by atoms with Crippen molar-refractivity contribution in [1.29, 1.82) is 0 Å². The van der Waals surface area contributed by atoms with Gasteiger partial charge in [0.15, 0.2) is 0 Å². The van der Waals surface area contributed by atoms with E-state index in [2.05, 4.69) is 26.2 Å². The summed E-state index contributed by atoms with van der Waals surface area (Å²) < 4.78 is 1.46. The van der Waals surface area contributed by atoms with Crippen LogP contribution in [0.3, 0.4) is 0 Å². The van der Waals surface area contributed by atoms with E-state index in [1.54, 1.807) is 0 Å². The van der Waals surface area contributed by atoms with Crippen LogP contribution in [0.1, 0.15) is 44.9 Å². The molecule has 1 amide bonds. The van der Waals surface area contributed by atoms with Gasteiger partial charge in [0, 0.05) is 12.2 Å². The molecule has 3 rings (SSSR count). The molecule has 2 aliphatic carbocycles. The van der Waals surface area contributed by atoms with Crippen LogP contribution in [-0.2, 0) is 11.3 Å². The molecule has 2 N–H and O–H groups in total. The van der Waals surface area contributed by atoms with Crippen LogP contribution in [0.2, 0.25) is 0 Å². The van der Waals surface area contributed by atoms with Crippen molar-refractivity contribution < 1.29 is 4.79 Å². The minimum Gasteiger partial charge on any atom is -0.352 e. The smallest absolute Gasteiger partial charge is 0.328 e. The second-order valence-electron chi connectivity index (χ2n) is 6.75. The average Bonchev–Trinajstić information content (AvgIpc) is 2.52. The molecule has 1 heterocycles. The van der Waals surface area contributed by atoms with E-state index in [4.69, 9.17) is 0 Å². The third kappa shape index (κ3) is 3.94. The zero-order chi connectivity index (χ0) is 16.4. The molecule has 0 aliphatic heterocycles. The number of carbonyl (C=O) groups excluding carboxylic acids is 1. The van der Waals surface area contributed by atoms with Gasteiger partial charge < -0.3 is 5.32 Å². The molecule has 23 heavy (non-hydrogen) atoms. The Bertz CT molecular complexity index is 697. The number of H-pyrrole nitrogens is 1. The highest BCUT2D eigenvalue weighted by Crippen LogP contribution is 2.40. The van der Waals surface area contributed by atoms with Crippen molar-refractivity contribution in [2.75, 3.05) is 0 Å². The highest BCUT2D eigenvalue weighted by molar-refractivity contribution is 9.10. The number of fused-ring (bicyclic) bond motifs is 1. The molecule has 1 aromatic heterocycles. The summed E-state index contributed by atoms with van der Waals surface area (Å²) in [6.07, 6.45) is 9.91. The van der Waals surface area contributed by atoms with Gasteiger partial charge in [-0.3, -0.25) is 19.1 Å². The number of aromatic amines is 1. The van der Waals surface area contributed by atoms with E-state index in [0.29, 0.717) is 0 Å². The normalized spacial score (nSPS) is 27.3. The first kappa shape index (κ1) is 16.5. The van der Waals surface area contributed by atoms with Crippen LogP contribution >= 0.6 is 15.9 Å². The summed E-state index contributed by atoms with van der Waals surface area (Å²) in [5.74, 6) is 1.41. The first-order valence-corrected chi connectivity index (χ1v) is 9.11. The van der Waals surface area contributed by atoms with Crippen molar-refractivity contribution in [2.45, 2.75) is 57.5 Å². The molecule has 0 radical (unpaired) electrons. The Balaban J connectivity index is 1.58. The summed E-state index contributed by atoms with van der Waals surface area (Å²) in [7, 11) is 0. The summed E-state index contributed by atoms with van der Waals surface area (Å²) >= 11 is 3.07. The first-order chi connectivity index (χ1) is 11.0. The Morgan fingerprint density at radius 2 is 1.96 bits per heavy atom. The van der Waals surface area contributed by atoms with Crippen LogP contribution in [0.5, 0.6) is 0 Å². The van der Waals surface area contributed by atoms with Gasteiger partial charge in [0.2, 0.25) is 5.91 Å². The molecule has 126 valence electrons. The predicted molar refractivity (Wildman–Crippen MR) is 90.3 cm³/mol. The Labute approximate surface area is 142 Å². The number of nitrogens with zero attached hydrogens (tertiary/aromatic N) is 1. The van der Waals surface area contributed by atoms with Gasteiger partial charge in [0.1, 0.15) is 6.54 Å². The van der Waals surface area contributed by atoms with E-state index in [9.17, 15) is 14.4 Å². The standard InChI is InChI=1S/C16H22BrN3O3/c17-13-8-20(16(23)19-15(13)22)9-14(21)18-12-6-5-10-3-1-2-4-11(10)7-12/h8,10-12H,1-7,9H2,(H,18,21)(H,19,22,23)/t10-,11-,12-/m1/s1. The minimum absolute atomic E-state index is 0.0706. The third-order valence-corrected chi connectivity index (χ3v) is 5.75. The number of aromatic nitrogens is 2. The molecule has 1 aromatic rings. The number of carbonyl (C=O) groups is 1. The van der Waals surface area contributed by atoms with Gasteiger partial charge in [0.05, 0.1) is 4.47 Å². The van der Waals surface area contributed by atoms with E-state index in [0.717, 1.165) is 24.7 Å². The van der Waals surface area contributed by atoms with E-state index < -0.39 is 11.2 Å². The molecule has 2 saturated carbocycles. The van der Waals surface area contributed by atoms with E-state index >= 15 is 0 Å². The Kier molecular flexibility index (Phi) is 5.04. The Morgan fingerprint density at radius 3 is 2.74 bits per heavy atom. The fourth-order valence-electron chi connectivity index (χ4n) is 4.03. The molecule has 0 aromatic carbocycles. The quantitative estimate of drug-likeness (QED) is 0.833. The van der Waals surface area contributed by atoms with E-state index in [1.165, 1.54) is 42.9 Å². The lowest BCUT2D eigenvalue weighted by atomic mass is 9.69. The minimum atomic E-state index is -0.565. The Hall–Kier alpha value is -1.37. The van der Waals surface area contributed by atoms with Gasteiger partial charge in [-0.15, -0.1) is 0 Å². The van der Waals surface area contributed by atoms with Crippen LogP contribution in [0.25, 0.3) is 0 Å². The second kappa shape index (κ2) is 7.03. The molecule has 0 bridgehead atoms. The summed E-state index contributed by atoms with van der Waals surface area (Å²) in [6.45, 7) is -0.0706. The van der Waals surface area contributed by atoms with E-state index in [-0.39, 0.29) is 23.0 Å². The maximum atomic E-state index is 12.2. The topological polar surface area (TPSA) is 84.0 Å². The van der Waals surface area contributed by atoms with Crippen LogP contribution in [-0.4, -0.2) is 21.5 Å². The summed E-state index contributed by atoms with van der Waals surface area (Å²) in [6, 6.07) is 0.212. The highest BCUT2D eigenvalue weighted by Gasteiger charge is 2.32. The lowest BCUT2D eigenvalue weighted by Crippen LogP contribution is -2.44. The van der Waals surface area contributed by atoms with Crippen LogP contribution in [0, 0.1) is 11.8 Å². The lowest BCUT2D eigenvalue weighted by Gasteiger charge is -2.39. The fraction of sp³-hybridized carbons (Fsp3) is 0.688. The number of hydrogen-bond donors (Lipinski definition) is 2. The monoisotopic (exact) mass is 383 g/mol.